The van der Waals surface area contributed by atoms with E-state index in [4.69, 9.17) is 0 Å². The van der Waals surface area contributed by atoms with E-state index in [2.05, 4.69) is 11.9 Å². The highest BCUT2D eigenvalue weighted by Gasteiger charge is 2.02. The molecule has 2 nitrogen and oxygen atoms in total. The van der Waals surface area contributed by atoms with Crippen LogP contribution in [0, 0.1) is 5.95 Å². The predicted molar refractivity (Wildman–Crippen MR) is 57.0 cm³/mol. The van der Waals surface area contributed by atoms with Crippen LogP contribution in [-0.2, 0) is 0 Å². The summed E-state index contributed by atoms with van der Waals surface area (Å²) in [6, 6.07) is 4.88. The number of nitrogens with zero attached hydrogens (tertiary/aromatic N) is 2. The van der Waals surface area contributed by atoms with Gasteiger partial charge in [-0.05, 0) is 18.6 Å². The number of hydrogen-bond acceptors (Lipinski definition) is 2. The molecule has 1 aromatic rings. The van der Waals surface area contributed by atoms with Crippen LogP contribution in [0.4, 0.5) is 10.2 Å². The second-order valence-electron chi connectivity index (χ2n) is 3.45. The Kier molecular flexibility index (Phi) is 4.36. The van der Waals surface area contributed by atoms with E-state index in [0.717, 1.165) is 13.0 Å². The standard InChI is InChI=1S/C11H17FN2/c1-3-4-5-9-14(2)11-8-6-7-10(12)13-11/h6-8H,3-5,9H2,1-2H3. The average Bonchev–Trinajstić information content (AvgIpc) is 2.18. The van der Waals surface area contributed by atoms with Gasteiger partial charge in [-0.15, -0.1) is 0 Å². The first-order valence-corrected chi connectivity index (χ1v) is 5.07. The average molecular weight is 196 g/mol. The van der Waals surface area contributed by atoms with Gasteiger partial charge in [0.25, 0.3) is 0 Å². The minimum Gasteiger partial charge on any atom is -0.360 e. The van der Waals surface area contributed by atoms with Crippen LogP contribution in [0.2, 0.25) is 0 Å². The summed E-state index contributed by atoms with van der Waals surface area (Å²) in [5.74, 6) is 0.297. The molecule has 14 heavy (non-hydrogen) atoms. The van der Waals surface area contributed by atoms with Gasteiger partial charge in [0.2, 0.25) is 5.95 Å². The fourth-order valence-electron chi connectivity index (χ4n) is 1.32. The van der Waals surface area contributed by atoms with Gasteiger partial charge >= 0.3 is 0 Å². The predicted octanol–water partition coefficient (Wildman–Crippen LogP) is 2.85. The molecule has 0 amide bonds. The van der Waals surface area contributed by atoms with E-state index in [-0.39, 0.29) is 0 Å². The first-order valence-electron chi connectivity index (χ1n) is 5.07. The van der Waals surface area contributed by atoms with Crippen LogP contribution in [0.5, 0.6) is 0 Å². The molecule has 0 aliphatic carbocycles. The smallest absolute Gasteiger partial charge is 0.214 e. The van der Waals surface area contributed by atoms with Crippen molar-refractivity contribution in [1.29, 1.82) is 0 Å². The first-order chi connectivity index (χ1) is 6.74. The lowest BCUT2D eigenvalue weighted by Crippen LogP contribution is -2.19. The molecule has 0 aliphatic heterocycles. The molecule has 0 N–H and O–H groups in total. The Labute approximate surface area is 84.8 Å². The van der Waals surface area contributed by atoms with E-state index in [1.807, 2.05) is 18.0 Å². The molecule has 0 aromatic carbocycles. The highest BCUT2D eigenvalue weighted by atomic mass is 19.1. The number of hydrogen-bond donors (Lipinski definition) is 0. The summed E-state index contributed by atoms with van der Waals surface area (Å²) in [7, 11) is 1.94. The normalized spacial score (nSPS) is 10.2. The first kappa shape index (κ1) is 11.0. The molecule has 0 radical (unpaired) electrons. The summed E-state index contributed by atoms with van der Waals surface area (Å²) >= 11 is 0. The van der Waals surface area contributed by atoms with Crippen LogP contribution >= 0.6 is 0 Å². The number of unbranched alkanes of at least 4 members (excludes halogenated alkanes) is 2. The number of anilines is 1. The van der Waals surface area contributed by atoms with Crippen molar-refractivity contribution in [3.05, 3.63) is 24.1 Å². The number of aromatic nitrogens is 1. The van der Waals surface area contributed by atoms with Gasteiger partial charge < -0.3 is 4.90 Å². The van der Waals surface area contributed by atoms with Gasteiger partial charge in [0.15, 0.2) is 0 Å². The molecule has 1 aromatic heterocycles. The molecule has 78 valence electrons. The van der Waals surface area contributed by atoms with E-state index in [9.17, 15) is 4.39 Å². The van der Waals surface area contributed by atoms with Crippen LogP contribution in [0.15, 0.2) is 18.2 Å². The van der Waals surface area contributed by atoms with Crippen LogP contribution in [0.25, 0.3) is 0 Å². The van der Waals surface area contributed by atoms with Crippen LogP contribution < -0.4 is 4.90 Å². The molecular weight excluding hydrogens is 179 g/mol. The van der Waals surface area contributed by atoms with Crippen LogP contribution in [-0.4, -0.2) is 18.6 Å². The van der Waals surface area contributed by atoms with Crippen molar-refractivity contribution >= 4 is 5.82 Å². The van der Waals surface area contributed by atoms with Crippen molar-refractivity contribution in [2.75, 3.05) is 18.5 Å². The van der Waals surface area contributed by atoms with Crippen molar-refractivity contribution < 1.29 is 4.39 Å². The van der Waals surface area contributed by atoms with Crippen molar-refractivity contribution in [3.8, 4) is 0 Å². The zero-order valence-electron chi connectivity index (χ0n) is 8.83. The highest BCUT2D eigenvalue weighted by Crippen LogP contribution is 2.09. The third-order valence-corrected chi connectivity index (χ3v) is 2.19. The summed E-state index contributed by atoms with van der Waals surface area (Å²) in [6.07, 6.45) is 3.54. The SMILES string of the molecule is CCCCCN(C)c1cccc(F)n1. The molecule has 0 saturated heterocycles. The molecule has 1 rings (SSSR count). The summed E-state index contributed by atoms with van der Waals surface area (Å²) in [5, 5.41) is 0. The van der Waals surface area contributed by atoms with Gasteiger partial charge in [-0.25, -0.2) is 4.98 Å². The van der Waals surface area contributed by atoms with Gasteiger partial charge in [0.1, 0.15) is 5.82 Å². The largest absolute Gasteiger partial charge is 0.360 e. The molecule has 0 spiro atoms. The van der Waals surface area contributed by atoms with Crippen molar-refractivity contribution in [2.24, 2.45) is 0 Å². The summed E-state index contributed by atoms with van der Waals surface area (Å²) < 4.78 is 12.8. The molecule has 3 heteroatoms. The minimum atomic E-state index is -0.412. The fraction of sp³-hybridized carbons (Fsp3) is 0.545. The molecule has 1 heterocycles. The maximum Gasteiger partial charge on any atom is 0.214 e. The lowest BCUT2D eigenvalue weighted by molar-refractivity contribution is 0.581. The lowest BCUT2D eigenvalue weighted by atomic mass is 10.2. The second kappa shape index (κ2) is 5.58. The zero-order chi connectivity index (χ0) is 10.4. The summed E-state index contributed by atoms with van der Waals surface area (Å²) in [6.45, 7) is 3.10. The van der Waals surface area contributed by atoms with Gasteiger partial charge in [0, 0.05) is 13.6 Å². The number of pyridine rings is 1. The van der Waals surface area contributed by atoms with E-state index in [1.54, 1.807) is 6.07 Å². The third-order valence-electron chi connectivity index (χ3n) is 2.19. The van der Waals surface area contributed by atoms with E-state index < -0.39 is 5.95 Å². The Bertz CT molecular complexity index is 276. The molecule has 0 saturated carbocycles. The lowest BCUT2D eigenvalue weighted by Gasteiger charge is -2.17. The summed E-state index contributed by atoms with van der Waals surface area (Å²) in [4.78, 5) is 5.80. The highest BCUT2D eigenvalue weighted by molar-refractivity contribution is 5.36. The van der Waals surface area contributed by atoms with E-state index in [1.165, 1.54) is 18.9 Å². The maximum absolute atomic E-state index is 12.8. The maximum atomic E-state index is 12.8. The van der Waals surface area contributed by atoms with Crippen molar-refractivity contribution in [1.82, 2.24) is 4.98 Å². The Morgan fingerprint density at radius 3 is 2.79 bits per heavy atom. The third kappa shape index (κ3) is 3.32. The van der Waals surface area contributed by atoms with Crippen molar-refractivity contribution in [3.63, 3.8) is 0 Å². The molecule has 0 unspecified atom stereocenters. The molecule has 0 atom stereocenters. The molecular formula is C11H17FN2. The number of halogens is 1. The Morgan fingerprint density at radius 1 is 1.36 bits per heavy atom. The van der Waals surface area contributed by atoms with Crippen LogP contribution in [0.3, 0.4) is 0 Å². The van der Waals surface area contributed by atoms with Crippen molar-refractivity contribution in [2.45, 2.75) is 26.2 Å². The second-order valence-corrected chi connectivity index (χ2v) is 3.45. The topological polar surface area (TPSA) is 16.1 Å². The monoisotopic (exact) mass is 196 g/mol. The molecule has 0 fully saturated rings. The Balaban J connectivity index is 2.47. The molecule has 0 bridgehead atoms. The van der Waals surface area contributed by atoms with E-state index in [0.29, 0.717) is 5.82 Å². The van der Waals surface area contributed by atoms with Crippen LogP contribution in [0.1, 0.15) is 26.2 Å². The Morgan fingerprint density at radius 2 is 2.14 bits per heavy atom. The fourth-order valence-corrected chi connectivity index (χ4v) is 1.32. The van der Waals surface area contributed by atoms with Gasteiger partial charge in [-0.2, -0.15) is 4.39 Å². The quantitative estimate of drug-likeness (QED) is 0.531. The summed E-state index contributed by atoms with van der Waals surface area (Å²) in [5.41, 5.74) is 0. The zero-order valence-corrected chi connectivity index (χ0v) is 8.83. The Hall–Kier alpha value is -1.12. The number of rotatable bonds is 5. The van der Waals surface area contributed by atoms with Gasteiger partial charge in [0.05, 0.1) is 0 Å². The van der Waals surface area contributed by atoms with Gasteiger partial charge in [-0.1, -0.05) is 25.8 Å². The van der Waals surface area contributed by atoms with Gasteiger partial charge in [-0.3, -0.25) is 0 Å². The van der Waals surface area contributed by atoms with E-state index >= 15 is 0 Å². The minimum absolute atomic E-state index is 0.412. The molecule has 0 aliphatic rings.